The zero-order chi connectivity index (χ0) is 7.28. The molecular weight excluding hydrogens is 258 g/mol. The van der Waals surface area contributed by atoms with E-state index in [1.807, 2.05) is 0 Å². The van der Waals surface area contributed by atoms with Crippen LogP contribution in [-0.2, 0) is 24.2 Å². The van der Waals surface area contributed by atoms with Crippen LogP contribution in [0.15, 0.2) is 18.2 Å². The van der Waals surface area contributed by atoms with Crippen molar-refractivity contribution in [2.24, 2.45) is 0 Å². The first-order chi connectivity index (χ1) is 4.29. The summed E-state index contributed by atoms with van der Waals surface area (Å²) in [5.74, 6) is 0. The average molecular weight is 269 g/mol. The van der Waals surface area contributed by atoms with E-state index in [1.54, 1.807) is 0 Å². The number of rotatable bonds is 0. The summed E-state index contributed by atoms with van der Waals surface area (Å²) in [6.07, 6.45) is 0. The molecule has 0 aliphatic carbocycles. The summed E-state index contributed by atoms with van der Waals surface area (Å²) < 4.78 is 3.34. The van der Waals surface area contributed by atoms with E-state index >= 15 is 0 Å². The van der Waals surface area contributed by atoms with E-state index in [-0.39, 0.29) is 24.8 Å². The molecular formula is C8H11Cl2Zr-. The van der Waals surface area contributed by atoms with Gasteiger partial charge >= 0.3 is 28.4 Å². The molecule has 0 saturated carbocycles. The fourth-order valence-electron chi connectivity index (χ4n) is 0.718. The van der Waals surface area contributed by atoms with Crippen molar-refractivity contribution >= 4 is 4.21 Å². The molecule has 0 bridgehead atoms. The third-order valence-electron chi connectivity index (χ3n) is 1.06. The van der Waals surface area contributed by atoms with Gasteiger partial charge in [-0.25, -0.2) is 11.6 Å². The summed E-state index contributed by atoms with van der Waals surface area (Å²) >= 11 is 1.30. The molecule has 0 amide bonds. The van der Waals surface area contributed by atoms with E-state index in [1.165, 1.54) is 35.4 Å². The van der Waals surface area contributed by atoms with Crippen LogP contribution in [0.2, 0.25) is 0 Å². The van der Waals surface area contributed by atoms with Gasteiger partial charge in [0.2, 0.25) is 0 Å². The van der Waals surface area contributed by atoms with E-state index in [0.717, 1.165) is 0 Å². The Hall–Kier alpha value is 0.683. The quantitative estimate of drug-likeness (QED) is 0.421. The summed E-state index contributed by atoms with van der Waals surface area (Å²) in [7, 11) is 0. The second-order valence-corrected chi connectivity index (χ2v) is 1.97. The molecule has 3 heteroatoms. The SMILES string of the molecule is Cc1c[cH-]c(C)c1.[CH2]=[Zr+2].[Cl-].[Cl-]. The first-order valence-corrected chi connectivity index (χ1v) is 4.58. The van der Waals surface area contributed by atoms with Gasteiger partial charge in [0.05, 0.1) is 0 Å². The predicted octanol–water partition coefficient (Wildman–Crippen LogP) is -4.00. The smallest absolute Gasteiger partial charge is 1.00 e. The Balaban J connectivity index is -0.000000149. The van der Waals surface area contributed by atoms with Gasteiger partial charge in [0.15, 0.2) is 0 Å². The standard InChI is InChI=1S/C7H9.CH2.2ClH.Zr/c1-6-3-4-7(2)5-6;;;;/h3-5H,1-2H3;1H2;2*1H;/q-1;;;;+2/p-2. The summed E-state index contributed by atoms with van der Waals surface area (Å²) in [5.41, 5.74) is 2.72. The molecule has 0 N–H and O–H groups in total. The van der Waals surface area contributed by atoms with Gasteiger partial charge in [-0.2, -0.15) is 17.7 Å². The van der Waals surface area contributed by atoms with E-state index in [0.29, 0.717) is 0 Å². The molecule has 0 fully saturated rings. The van der Waals surface area contributed by atoms with E-state index in [9.17, 15) is 0 Å². The molecule has 0 aromatic heterocycles. The van der Waals surface area contributed by atoms with Crippen LogP contribution in [0.25, 0.3) is 0 Å². The van der Waals surface area contributed by atoms with Crippen molar-refractivity contribution in [1.82, 2.24) is 0 Å². The summed E-state index contributed by atoms with van der Waals surface area (Å²) in [6.45, 7) is 4.21. The second kappa shape index (κ2) is 10.7. The van der Waals surface area contributed by atoms with Crippen LogP contribution in [0.1, 0.15) is 11.1 Å². The van der Waals surface area contributed by atoms with Gasteiger partial charge in [0.25, 0.3) is 0 Å². The van der Waals surface area contributed by atoms with E-state index < -0.39 is 0 Å². The molecule has 1 aromatic carbocycles. The molecule has 1 aromatic rings. The Labute approximate surface area is 95.9 Å². The Morgan fingerprint density at radius 3 is 1.82 bits per heavy atom. The molecule has 0 aliphatic heterocycles. The maximum absolute atomic E-state index is 3.34. The van der Waals surface area contributed by atoms with Crippen molar-refractivity contribution in [2.45, 2.75) is 13.8 Å². The molecule has 0 spiro atoms. The largest absolute Gasteiger partial charge is 1.00 e. The Morgan fingerprint density at radius 1 is 1.27 bits per heavy atom. The molecule has 0 nitrogen and oxygen atoms in total. The molecule has 0 aliphatic rings. The van der Waals surface area contributed by atoms with Gasteiger partial charge in [-0.3, -0.25) is 0 Å². The van der Waals surface area contributed by atoms with Crippen LogP contribution in [0, 0.1) is 13.8 Å². The third kappa shape index (κ3) is 8.59. The fourth-order valence-corrected chi connectivity index (χ4v) is 0.718. The van der Waals surface area contributed by atoms with E-state index in [2.05, 4.69) is 36.3 Å². The van der Waals surface area contributed by atoms with Gasteiger partial charge in [-0.05, 0) is 0 Å². The molecule has 0 atom stereocenters. The number of hydrogen-bond donors (Lipinski definition) is 0. The first kappa shape index (κ1) is 17.7. The molecule has 0 unspecified atom stereocenters. The zero-order valence-electron chi connectivity index (χ0n) is 6.70. The summed E-state index contributed by atoms with van der Waals surface area (Å²) in [4.78, 5) is 0. The van der Waals surface area contributed by atoms with Crippen molar-refractivity contribution < 1.29 is 49.0 Å². The van der Waals surface area contributed by atoms with E-state index in [4.69, 9.17) is 0 Å². The molecule has 0 radical (unpaired) electrons. The Kier molecular flexibility index (Phi) is 17.2. The van der Waals surface area contributed by atoms with Crippen LogP contribution in [0.5, 0.6) is 0 Å². The van der Waals surface area contributed by atoms with Crippen LogP contribution in [0.4, 0.5) is 0 Å². The van der Waals surface area contributed by atoms with Crippen LogP contribution < -0.4 is 24.8 Å². The van der Waals surface area contributed by atoms with Crippen LogP contribution in [0.3, 0.4) is 0 Å². The van der Waals surface area contributed by atoms with Gasteiger partial charge < -0.3 is 24.8 Å². The van der Waals surface area contributed by atoms with Crippen molar-refractivity contribution in [3.8, 4) is 0 Å². The second-order valence-electron chi connectivity index (χ2n) is 1.97. The monoisotopic (exact) mass is 267 g/mol. The van der Waals surface area contributed by atoms with Crippen LogP contribution in [-0.4, -0.2) is 4.21 Å². The average Bonchev–Trinajstić information content (AvgIpc) is 2.20. The molecule has 0 saturated heterocycles. The predicted molar refractivity (Wildman–Crippen MR) is 38.6 cm³/mol. The minimum absolute atomic E-state index is 0. The Morgan fingerprint density at radius 2 is 1.73 bits per heavy atom. The zero-order valence-corrected chi connectivity index (χ0v) is 10.7. The Bertz CT molecular complexity index is 156. The normalized spacial score (nSPS) is 6.55. The maximum atomic E-state index is 3.34. The number of hydrogen-bond acceptors (Lipinski definition) is 0. The molecule has 62 valence electrons. The van der Waals surface area contributed by atoms with Gasteiger partial charge in [0, 0.05) is 0 Å². The van der Waals surface area contributed by atoms with Crippen molar-refractivity contribution in [1.29, 1.82) is 0 Å². The first-order valence-electron chi connectivity index (χ1n) is 2.84. The maximum Gasteiger partial charge on any atom is -1.00 e. The number of halogens is 2. The van der Waals surface area contributed by atoms with Crippen molar-refractivity contribution in [3.05, 3.63) is 29.3 Å². The van der Waals surface area contributed by atoms with Crippen molar-refractivity contribution in [3.63, 3.8) is 0 Å². The summed E-state index contributed by atoms with van der Waals surface area (Å²) in [5, 5.41) is 0. The number of aryl methyl sites for hydroxylation is 2. The minimum atomic E-state index is 0. The molecule has 1 rings (SSSR count). The molecule has 11 heavy (non-hydrogen) atoms. The fraction of sp³-hybridized carbons (Fsp3) is 0.250. The summed E-state index contributed by atoms with van der Waals surface area (Å²) in [6, 6.07) is 6.41. The van der Waals surface area contributed by atoms with Gasteiger partial charge in [-0.15, -0.1) is 0 Å². The van der Waals surface area contributed by atoms with Gasteiger partial charge in [0.1, 0.15) is 0 Å². The molecule has 0 heterocycles. The third-order valence-corrected chi connectivity index (χ3v) is 1.06. The van der Waals surface area contributed by atoms with Crippen molar-refractivity contribution in [2.75, 3.05) is 0 Å². The topological polar surface area (TPSA) is 0 Å². The van der Waals surface area contributed by atoms with Gasteiger partial charge in [-0.1, -0.05) is 13.8 Å². The minimum Gasteiger partial charge on any atom is -1.00 e. The van der Waals surface area contributed by atoms with Crippen LogP contribution >= 0.6 is 0 Å².